The number of aromatic amines is 1. The number of hydrogen-bond acceptors (Lipinski definition) is 3. The average molecular weight is 297 g/mol. The summed E-state index contributed by atoms with van der Waals surface area (Å²) in [6.07, 6.45) is 1.41. The minimum Gasteiger partial charge on any atom is -0.459 e. The first-order valence-corrected chi connectivity index (χ1v) is 6.83. The molecule has 0 aliphatic rings. The number of aryl methyl sites for hydroxylation is 1. The Kier molecular flexibility index (Phi) is 3.65. The molecule has 0 spiro atoms. The number of H-pyrrole nitrogens is 1. The summed E-state index contributed by atoms with van der Waals surface area (Å²) >= 11 is 0. The van der Waals surface area contributed by atoms with Crippen LogP contribution in [0.25, 0.3) is 10.9 Å². The number of rotatable bonds is 4. The van der Waals surface area contributed by atoms with Gasteiger partial charge in [0, 0.05) is 22.3 Å². The van der Waals surface area contributed by atoms with Crippen molar-refractivity contribution in [3.63, 3.8) is 0 Å². The van der Waals surface area contributed by atoms with E-state index in [4.69, 9.17) is 4.42 Å². The Morgan fingerprint density at radius 3 is 2.86 bits per heavy atom. The first-order valence-electron chi connectivity index (χ1n) is 6.83. The molecule has 0 unspecified atom stereocenters. The fourth-order valence-corrected chi connectivity index (χ4v) is 2.22. The highest BCUT2D eigenvalue weighted by molar-refractivity contribution is 5.99. The molecule has 2 amide bonds. The van der Waals surface area contributed by atoms with Gasteiger partial charge in [0.1, 0.15) is 0 Å². The summed E-state index contributed by atoms with van der Waals surface area (Å²) in [6.45, 7) is 1.85. The van der Waals surface area contributed by atoms with Crippen molar-refractivity contribution < 1.29 is 14.0 Å². The van der Waals surface area contributed by atoms with Gasteiger partial charge in [-0.25, -0.2) is 0 Å². The topological polar surface area (TPSA) is 87.1 Å². The molecule has 112 valence electrons. The van der Waals surface area contributed by atoms with Crippen LogP contribution in [0.4, 0.5) is 5.69 Å². The van der Waals surface area contributed by atoms with Gasteiger partial charge in [-0.1, -0.05) is 0 Å². The Hall–Kier alpha value is -3.02. The lowest BCUT2D eigenvalue weighted by Gasteiger charge is -2.06. The zero-order valence-corrected chi connectivity index (χ0v) is 12.0. The number of hydrogen-bond donors (Lipinski definition) is 3. The van der Waals surface area contributed by atoms with E-state index in [0.29, 0.717) is 5.69 Å². The first-order chi connectivity index (χ1) is 10.6. The molecule has 0 bridgehead atoms. The third-order valence-corrected chi connectivity index (χ3v) is 3.19. The molecule has 0 saturated carbocycles. The lowest BCUT2D eigenvalue weighted by Crippen LogP contribution is -2.32. The Labute approximate surface area is 126 Å². The van der Waals surface area contributed by atoms with E-state index in [2.05, 4.69) is 15.6 Å². The number of carbonyl (C=O) groups is 2. The molecule has 3 aromatic rings. The molecular weight excluding hydrogens is 282 g/mol. The smallest absolute Gasteiger partial charge is 0.287 e. The third-order valence-electron chi connectivity index (χ3n) is 3.19. The van der Waals surface area contributed by atoms with Crippen molar-refractivity contribution in [3.05, 3.63) is 54.1 Å². The molecule has 2 heterocycles. The summed E-state index contributed by atoms with van der Waals surface area (Å²) in [5, 5.41) is 6.26. The Morgan fingerprint density at radius 1 is 1.23 bits per heavy atom. The number of carbonyl (C=O) groups excluding carboxylic acids is 2. The molecule has 0 aliphatic carbocycles. The van der Waals surface area contributed by atoms with Gasteiger partial charge in [0.2, 0.25) is 5.91 Å². The molecule has 2 aromatic heterocycles. The highest BCUT2D eigenvalue weighted by Crippen LogP contribution is 2.19. The van der Waals surface area contributed by atoms with E-state index in [1.165, 1.54) is 12.3 Å². The number of fused-ring (bicyclic) bond motifs is 1. The zero-order valence-electron chi connectivity index (χ0n) is 12.0. The molecule has 6 nitrogen and oxygen atoms in total. The summed E-state index contributed by atoms with van der Waals surface area (Å²) < 4.78 is 4.95. The van der Waals surface area contributed by atoms with Crippen LogP contribution >= 0.6 is 0 Å². The van der Waals surface area contributed by atoms with Crippen molar-refractivity contribution in [2.75, 3.05) is 11.9 Å². The van der Waals surface area contributed by atoms with Gasteiger partial charge in [-0.3, -0.25) is 9.59 Å². The largest absolute Gasteiger partial charge is 0.459 e. The van der Waals surface area contributed by atoms with Crippen LogP contribution in [-0.4, -0.2) is 23.3 Å². The normalized spacial score (nSPS) is 10.6. The molecule has 3 N–H and O–H groups in total. The van der Waals surface area contributed by atoms with Crippen LogP contribution in [0, 0.1) is 6.92 Å². The van der Waals surface area contributed by atoms with E-state index in [9.17, 15) is 9.59 Å². The van der Waals surface area contributed by atoms with Gasteiger partial charge in [0.15, 0.2) is 5.76 Å². The van der Waals surface area contributed by atoms with Crippen LogP contribution in [0.1, 0.15) is 16.2 Å². The van der Waals surface area contributed by atoms with E-state index in [-0.39, 0.29) is 18.2 Å². The van der Waals surface area contributed by atoms with Gasteiger partial charge < -0.3 is 20.0 Å². The molecule has 3 rings (SSSR count). The molecule has 0 atom stereocenters. The SMILES string of the molecule is Cc1cc2cc(NC(=O)CNC(=O)c3ccco3)ccc2[nH]1. The van der Waals surface area contributed by atoms with Crippen LogP contribution < -0.4 is 10.6 Å². The summed E-state index contributed by atoms with van der Waals surface area (Å²) in [4.78, 5) is 26.7. The zero-order chi connectivity index (χ0) is 15.5. The Morgan fingerprint density at radius 2 is 2.09 bits per heavy atom. The summed E-state index contributed by atoms with van der Waals surface area (Å²) in [7, 11) is 0. The number of benzene rings is 1. The lowest BCUT2D eigenvalue weighted by molar-refractivity contribution is -0.115. The van der Waals surface area contributed by atoms with Crippen LogP contribution in [0.3, 0.4) is 0 Å². The van der Waals surface area contributed by atoms with Gasteiger partial charge in [-0.2, -0.15) is 0 Å². The van der Waals surface area contributed by atoms with E-state index < -0.39 is 5.91 Å². The second-order valence-corrected chi connectivity index (χ2v) is 4.96. The summed E-state index contributed by atoms with van der Waals surface area (Å²) in [6, 6.07) is 10.7. The first kappa shape index (κ1) is 13.9. The standard InChI is InChI=1S/C16H15N3O3/c1-10-7-11-8-12(4-5-13(11)18-10)19-15(20)9-17-16(21)14-3-2-6-22-14/h2-8,18H,9H2,1H3,(H,17,21)(H,19,20). The van der Waals surface area contributed by atoms with Gasteiger partial charge in [-0.05, 0) is 43.3 Å². The van der Waals surface area contributed by atoms with E-state index in [1.54, 1.807) is 6.07 Å². The van der Waals surface area contributed by atoms with E-state index in [1.807, 2.05) is 31.2 Å². The van der Waals surface area contributed by atoms with Crippen LogP contribution in [0.15, 0.2) is 47.1 Å². The van der Waals surface area contributed by atoms with Gasteiger partial charge in [0.05, 0.1) is 12.8 Å². The van der Waals surface area contributed by atoms with Crippen LogP contribution in [-0.2, 0) is 4.79 Å². The summed E-state index contributed by atoms with van der Waals surface area (Å²) in [5.41, 5.74) is 2.76. The second-order valence-electron chi connectivity index (χ2n) is 4.96. The number of nitrogens with one attached hydrogen (secondary N) is 3. The number of anilines is 1. The Balaban J connectivity index is 1.59. The van der Waals surface area contributed by atoms with Crippen molar-refractivity contribution >= 4 is 28.4 Å². The average Bonchev–Trinajstić information content (AvgIpc) is 3.12. The fourth-order valence-electron chi connectivity index (χ4n) is 2.22. The van der Waals surface area contributed by atoms with Gasteiger partial charge in [-0.15, -0.1) is 0 Å². The maximum absolute atomic E-state index is 11.9. The fraction of sp³-hybridized carbons (Fsp3) is 0.125. The molecule has 6 heteroatoms. The predicted octanol–water partition coefficient (Wildman–Crippen LogP) is 2.44. The van der Waals surface area contributed by atoms with Crippen molar-refractivity contribution in [1.29, 1.82) is 0 Å². The van der Waals surface area contributed by atoms with Crippen LogP contribution in [0.2, 0.25) is 0 Å². The molecule has 22 heavy (non-hydrogen) atoms. The maximum atomic E-state index is 11.9. The van der Waals surface area contributed by atoms with Gasteiger partial charge in [0.25, 0.3) is 5.91 Å². The molecule has 0 fully saturated rings. The molecule has 0 aliphatic heterocycles. The monoisotopic (exact) mass is 297 g/mol. The van der Waals surface area contributed by atoms with Crippen molar-refractivity contribution in [3.8, 4) is 0 Å². The molecule has 0 saturated heterocycles. The van der Waals surface area contributed by atoms with Crippen LogP contribution in [0.5, 0.6) is 0 Å². The lowest BCUT2D eigenvalue weighted by atomic mass is 10.2. The minimum atomic E-state index is -0.420. The predicted molar refractivity (Wildman–Crippen MR) is 82.7 cm³/mol. The van der Waals surface area contributed by atoms with Crippen molar-refractivity contribution in [2.45, 2.75) is 6.92 Å². The van der Waals surface area contributed by atoms with Crippen molar-refractivity contribution in [2.24, 2.45) is 0 Å². The quantitative estimate of drug-likeness (QED) is 0.691. The minimum absolute atomic E-state index is 0.121. The number of furan rings is 1. The Bertz CT molecular complexity index is 818. The highest BCUT2D eigenvalue weighted by Gasteiger charge is 2.10. The number of amides is 2. The molecular formula is C16H15N3O3. The molecule has 0 radical (unpaired) electrons. The summed E-state index contributed by atoms with van der Waals surface area (Å²) in [5.74, 6) is -0.541. The van der Waals surface area contributed by atoms with E-state index in [0.717, 1.165) is 16.6 Å². The second kappa shape index (κ2) is 5.77. The third kappa shape index (κ3) is 3.01. The molecule has 1 aromatic carbocycles. The number of aromatic nitrogens is 1. The highest BCUT2D eigenvalue weighted by atomic mass is 16.3. The van der Waals surface area contributed by atoms with Crippen molar-refractivity contribution in [1.82, 2.24) is 10.3 Å². The van der Waals surface area contributed by atoms with E-state index >= 15 is 0 Å². The van der Waals surface area contributed by atoms with Gasteiger partial charge >= 0.3 is 0 Å². The maximum Gasteiger partial charge on any atom is 0.287 e.